The number of amides is 1. The van der Waals surface area contributed by atoms with Gasteiger partial charge in [-0.05, 0) is 31.9 Å². The molecule has 0 bridgehead atoms. The maximum atomic E-state index is 12.8. The molecule has 0 saturated heterocycles. The van der Waals surface area contributed by atoms with Gasteiger partial charge in [-0.1, -0.05) is 23.7 Å². The van der Waals surface area contributed by atoms with Crippen LogP contribution in [-0.2, 0) is 6.54 Å². The summed E-state index contributed by atoms with van der Waals surface area (Å²) in [5.41, 5.74) is 1.75. The number of aryl methyl sites for hydroxylation is 1. The molecule has 0 aliphatic heterocycles. The molecular formula is C18H16ClN5O2. The number of hydrogen-bond acceptors (Lipinski definition) is 6. The summed E-state index contributed by atoms with van der Waals surface area (Å²) >= 11 is 6.17. The molecule has 1 amide bonds. The highest BCUT2D eigenvalue weighted by Crippen LogP contribution is 2.31. The molecule has 1 fully saturated rings. The second-order valence-electron chi connectivity index (χ2n) is 6.19. The highest BCUT2D eigenvalue weighted by Gasteiger charge is 2.35. The Morgan fingerprint density at radius 2 is 2.04 bits per heavy atom. The lowest BCUT2D eigenvalue weighted by Crippen LogP contribution is -2.33. The van der Waals surface area contributed by atoms with Crippen molar-refractivity contribution in [2.45, 2.75) is 32.4 Å². The molecule has 7 nitrogen and oxygen atoms in total. The molecule has 132 valence electrons. The van der Waals surface area contributed by atoms with Gasteiger partial charge in [0.2, 0.25) is 11.8 Å². The van der Waals surface area contributed by atoms with Gasteiger partial charge in [0.1, 0.15) is 5.69 Å². The molecule has 1 aliphatic carbocycles. The van der Waals surface area contributed by atoms with Crippen molar-refractivity contribution in [2.24, 2.45) is 0 Å². The zero-order chi connectivity index (χ0) is 18.1. The Balaban J connectivity index is 1.55. The maximum Gasteiger partial charge on any atom is 0.274 e. The van der Waals surface area contributed by atoms with Gasteiger partial charge in [-0.15, -0.1) is 10.2 Å². The Labute approximate surface area is 155 Å². The van der Waals surface area contributed by atoms with Crippen LogP contribution in [0, 0.1) is 6.92 Å². The van der Waals surface area contributed by atoms with Gasteiger partial charge >= 0.3 is 0 Å². The second-order valence-corrected chi connectivity index (χ2v) is 6.60. The monoisotopic (exact) mass is 369 g/mol. The van der Waals surface area contributed by atoms with Gasteiger partial charge in [-0.3, -0.25) is 9.78 Å². The summed E-state index contributed by atoms with van der Waals surface area (Å²) in [6.45, 7) is 2.06. The number of carbonyl (C=O) groups excluding carboxylic acids is 1. The number of halogens is 1. The molecule has 1 aromatic carbocycles. The quantitative estimate of drug-likeness (QED) is 0.686. The van der Waals surface area contributed by atoms with Gasteiger partial charge in [-0.25, -0.2) is 4.98 Å². The first-order valence-corrected chi connectivity index (χ1v) is 8.66. The third-order valence-corrected chi connectivity index (χ3v) is 4.45. The van der Waals surface area contributed by atoms with Crippen LogP contribution in [0.4, 0.5) is 0 Å². The summed E-state index contributed by atoms with van der Waals surface area (Å²) in [4.78, 5) is 22.8. The summed E-state index contributed by atoms with van der Waals surface area (Å²) in [5.74, 6) is 0.515. The molecule has 0 N–H and O–H groups in total. The lowest BCUT2D eigenvalue weighted by Gasteiger charge is -2.19. The fourth-order valence-electron chi connectivity index (χ4n) is 2.61. The first-order valence-electron chi connectivity index (χ1n) is 8.28. The fraction of sp³-hybridized carbons (Fsp3) is 0.278. The molecular weight excluding hydrogens is 354 g/mol. The maximum absolute atomic E-state index is 12.8. The SMILES string of the molecule is Cc1cnc(C(=O)N(Cc2nnc(-c3ccccc3Cl)o2)C2CC2)cn1. The van der Waals surface area contributed by atoms with E-state index in [4.69, 9.17) is 16.0 Å². The molecule has 2 heterocycles. The van der Waals surface area contributed by atoms with E-state index in [-0.39, 0.29) is 18.5 Å². The fourth-order valence-corrected chi connectivity index (χ4v) is 2.83. The van der Waals surface area contributed by atoms with Gasteiger partial charge in [-0.2, -0.15) is 0 Å². The van der Waals surface area contributed by atoms with Crippen LogP contribution in [0.5, 0.6) is 0 Å². The van der Waals surface area contributed by atoms with Gasteiger partial charge in [0.25, 0.3) is 5.91 Å². The number of rotatable bonds is 5. The van der Waals surface area contributed by atoms with E-state index >= 15 is 0 Å². The number of carbonyl (C=O) groups is 1. The highest BCUT2D eigenvalue weighted by molar-refractivity contribution is 6.33. The summed E-state index contributed by atoms with van der Waals surface area (Å²) < 4.78 is 5.73. The van der Waals surface area contributed by atoms with Crippen LogP contribution in [0.15, 0.2) is 41.1 Å². The zero-order valence-electron chi connectivity index (χ0n) is 14.1. The molecule has 0 atom stereocenters. The normalized spacial score (nSPS) is 13.6. The molecule has 2 aromatic heterocycles. The predicted molar refractivity (Wildman–Crippen MR) is 94.4 cm³/mol. The molecule has 1 aliphatic rings. The van der Waals surface area contributed by atoms with Crippen molar-refractivity contribution >= 4 is 17.5 Å². The van der Waals surface area contributed by atoms with E-state index in [2.05, 4.69) is 20.2 Å². The Morgan fingerprint density at radius 3 is 2.73 bits per heavy atom. The van der Waals surface area contributed by atoms with E-state index in [9.17, 15) is 4.79 Å². The molecule has 0 unspecified atom stereocenters. The third kappa shape index (κ3) is 3.43. The number of nitrogens with zero attached hydrogens (tertiary/aromatic N) is 5. The van der Waals surface area contributed by atoms with Crippen molar-refractivity contribution in [3.8, 4) is 11.5 Å². The first-order chi connectivity index (χ1) is 12.6. The van der Waals surface area contributed by atoms with Crippen LogP contribution in [0.3, 0.4) is 0 Å². The van der Waals surface area contributed by atoms with E-state index in [1.165, 1.54) is 6.20 Å². The first kappa shape index (κ1) is 16.7. The molecule has 4 rings (SSSR count). The standard InChI is InChI=1S/C18H16ClN5O2/c1-11-8-21-15(9-20-11)18(25)24(12-6-7-12)10-16-22-23-17(26-16)13-4-2-3-5-14(13)19/h2-5,8-9,12H,6-7,10H2,1H3. The van der Waals surface area contributed by atoms with Crippen molar-refractivity contribution in [3.63, 3.8) is 0 Å². The molecule has 3 aromatic rings. The van der Waals surface area contributed by atoms with E-state index in [1.807, 2.05) is 25.1 Å². The lowest BCUT2D eigenvalue weighted by atomic mass is 10.2. The minimum atomic E-state index is -0.183. The van der Waals surface area contributed by atoms with Crippen molar-refractivity contribution < 1.29 is 9.21 Å². The molecule has 8 heteroatoms. The van der Waals surface area contributed by atoms with Crippen LogP contribution in [0.25, 0.3) is 11.5 Å². The van der Waals surface area contributed by atoms with Crippen molar-refractivity contribution in [2.75, 3.05) is 0 Å². The van der Waals surface area contributed by atoms with Gasteiger partial charge in [0, 0.05) is 12.2 Å². The number of benzene rings is 1. The van der Waals surface area contributed by atoms with Crippen LogP contribution in [0.1, 0.15) is 34.9 Å². The third-order valence-electron chi connectivity index (χ3n) is 4.13. The van der Waals surface area contributed by atoms with Crippen LogP contribution in [-0.4, -0.2) is 37.0 Å². The Kier molecular flexibility index (Phi) is 4.38. The van der Waals surface area contributed by atoms with E-state index < -0.39 is 0 Å². The van der Waals surface area contributed by atoms with Crippen LogP contribution >= 0.6 is 11.6 Å². The van der Waals surface area contributed by atoms with E-state index in [0.717, 1.165) is 18.5 Å². The minimum absolute atomic E-state index is 0.168. The Hall–Kier alpha value is -2.80. The van der Waals surface area contributed by atoms with Gasteiger partial charge in [0.05, 0.1) is 29.0 Å². The van der Waals surface area contributed by atoms with Gasteiger partial charge < -0.3 is 9.32 Å². The number of aromatic nitrogens is 4. The van der Waals surface area contributed by atoms with Crippen molar-refractivity contribution in [3.05, 3.63) is 59.0 Å². The highest BCUT2D eigenvalue weighted by atomic mass is 35.5. The second kappa shape index (κ2) is 6.84. The Bertz CT molecular complexity index is 937. The van der Waals surface area contributed by atoms with Crippen LogP contribution in [0.2, 0.25) is 5.02 Å². The number of hydrogen-bond donors (Lipinski definition) is 0. The van der Waals surface area contributed by atoms with E-state index in [0.29, 0.717) is 28.1 Å². The molecule has 0 spiro atoms. The summed E-state index contributed by atoms with van der Waals surface area (Å²) in [6, 6.07) is 7.42. The van der Waals surface area contributed by atoms with Crippen molar-refractivity contribution in [1.29, 1.82) is 0 Å². The lowest BCUT2D eigenvalue weighted by molar-refractivity contribution is 0.0708. The average molecular weight is 370 g/mol. The largest absolute Gasteiger partial charge is 0.419 e. The van der Waals surface area contributed by atoms with Gasteiger partial charge in [0.15, 0.2) is 0 Å². The van der Waals surface area contributed by atoms with E-state index in [1.54, 1.807) is 17.2 Å². The Morgan fingerprint density at radius 1 is 1.23 bits per heavy atom. The summed E-state index contributed by atoms with van der Waals surface area (Å²) in [5, 5.41) is 8.66. The summed E-state index contributed by atoms with van der Waals surface area (Å²) in [7, 11) is 0. The smallest absolute Gasteiger partial charge is 0.274 e. The minimum Gasteiger partial charge on any atom is -0.419 e. The average Bonchev–Trinajstić information content (AvgIpc) is 3.38. The molecule has 0 radical (unpaired) electrons. The topological polar surface area (TPSA) is 85.0 Å². The molecule has 1 saturated carbocycles. The van der Waals surface area contributed by atoms with Crippen LogP contribution < -0.4 is 0 Å². The predicted octanol–water partition coefficient (Wildman–Crippen LogP) is 3.29. The van der Waals surface area contributed by atoms with Crippen molar-refractivity contribution in [1.82, 2.24) is 25.1 Å². The molecule has 26 heavy (non-hydrogen) atoms. The zero-order valence-corrected chi connectivity index (χ0v) is 14.8. The summed E-state index contributed by atoms with van der Waals surface area (Å²) in [6.07, 6.45) is 4.99.